The lowest BCUT2D eigenvalue weighted by molar-refractivity contribution is 0.0607. The smallest absolute Gasteiger partial charge is 0.259 e. The second-order valence-electron chi connectivity index (χ2n) is 7.63. The van der Waals surface area contributed by atoms with Gasteiger partial charge in [-0.3, -0.25) is 4.79 Å². The van der Waals surface area contributed by atoms with Crippen molar-refractivity contribution in [3.63, 3.8) is 0 Å². The Morgan fingerprint density at radius 3 is 2.97 bits per heavy atom. The van der Waals surface area contributed by atoms with E-state index in [2.05, 4.69) is 20.5 Å². The highest BCUT2D eigenvalue weighted by molar-refractivity contribution is 6.04. The van der Waals surface area contributed by atoms with Crippen molar-refractivity contribution in [2.24, 2.45) is 0 Å². The van der Waals surface area contributed by atoms with Gasteiger partial charge in [-0.2, -0.15) is 0 Å². The van der Waals surface area contributed by atoms with Crippen molar-refractivity contribution < 1.29 is 23.4 Å². The monoisotopic (exact) mass is 441 g/mol. The molecule has 0 aliphatic carbocycles. The number of benzene rings is 1. The fourth-order valence-electron chi connectivity index (χ4n) is 3.32. The van der Waals surface area contributed by atoms with Crippen LogP contribution < -0.4 is 14.8 Å². The molecule has 9 nitrogen and oxygen atoms in total. The van der Waals surface area contributed by atoms with E-state index < -0.39 is 11.7 Å². The molecule has 0 fully saturated rings. The number of hydrogen-bond donors (Lipinski definition) is 1. The van der Waals surface area contributed by atoms with Crippen LogP contribution in [0.4, 0.5) is 10.2 Å². The fourth-order valence-corrected chi connectivity index (χ4v) is 3.32. The zero-order valence-electron chi connectivity index (χ0n) is 18.0. The van der Waals surface area contributed by atoms with Gasteiger partial charge in [0.25, 0.3) is 5.91 Å². The van der Waals surface area contributed by atoms with Crippen molar-refractivity contribution in [3.8, 4) is 23.0 Å². The topological polar surface area (TPSA) is 100 Å². The third kappa shape index (κ3) is 4.54. The van der Waals surface area contributed by atoms with Crippen molar-refractivity contribution in [2.45, 2.75) is 32.4 Å². The quantitative estimate of drug-likeness (QED) is 0.599. The van der Waals surface area contributed by atoms with E-state index in [1.807, 2.05) is 18.4 Å². The zero-order valence-corrected chi connectivity index (χ0v) is 18.0. The predicted octanol–water partition coefficient (Wildman–Crippen LogP) is 3.49. The van der Waals surface area contributed by atoms with Crippen molar-refractivity contribution in [1.82, 2.24) is 19.7 Å². The van der Waals surface area contributed by atoms with Gasteiger partial charge in [-0.15, -0.1) is 10.2 Å². The van der Waals surface area contributed by atoms with E-state index >= 15 is 0 Å². The Labute approximate surface area is 184 Å². The Morgan fingerprint density at radius 1 is 1.34 bits per heavy atom. The molecule has 10 heteroatoms. The summed E-state index contributed by atoms with van der Waals surface area (Å²) in [4.78, 5) is 17.2. The molecule has 1 aliphatic heterocycles. The number of pyridine rings is 1. The summed E-state index contributed by atoms with van der Waals surface area (Å²) in [6.45, 7) is 4.81. The van der Waals surface area contributed by atoms with Crippen LogP contribution in [0.5, 0.6) is 11.5 Å². The highest BCUT2D eigenvalue weighted by atomic mass is 19.1. The number of carbonyl (C=O) groups excluding carboxylic acids is 1. The molecule has 3 heterocycles. The maximum Gasteiger partial charge on any atom is 0.259 e. The van der Waals surface area contributed by atoms with Crippen LogP contribution in [0, 0.1) is 5.82 Å². The molecule has 0 radical (unpaired) electrons. The summed E-state index contributed by atoms with van der Waals surface area (Å²) in [6.07, 6.45) is 2.00. The summed E-state index contributed by atoms with van der Waals surface area (Å²) in [6, 6.07) is 7.76. The average Bonchev–Trinajstić information content (AvgIpc) is 3.27. The molecule has 0 spiro atoms. The van der Waals surface area contributed by atoms with Crippen LogP contribution in [-0.4, -0.2) is 52.1 Å². The first-order valence-electron chi connectivity index (χ1n) is 10.3. The maximum atomic E-state index is 14.7. The number of rotatable bonds is 7. The van der Waals surface area contributed by atoms with Crippen LogP contribution in [0.3, 0.4) is 0 Å². The predicted molar refractivity (Wildman–Crippen MR) is 114 cm³/mol. The molecule has 0 saturated heterocycles. The second kappa shape index (κ2) is 9.31. The summed E-state index contributed by atoms with van der Waals surface area (Å²) in [5, 5.41) is 10.7. The van der Waals surface area contributed by atoms with Crippen molar-refractivity contribution in [3.05, 3.63) is 48.0 Å². The van der Waals surface area contributed by atoms with Crippen LogP contribution in [0.15, 0.2) is 36.7 Å². The van der Waals surface area contributed by atoms with Gasteiger partial charge in [0.1, 0.15) is 36.4 Å². The number of fused-ring (bicyclic) bond motifs is 1. The van der Waals surface area contributed by atoms with Gasteiger partial charge >= 0.3 is 0 Å². The van der Waals surface area contributed by atoms with Crippen LogP contribution in [0.1, 0.15) is 36.7 Å². The molecule has 1 amide bonds. The van der Waals surface area contributed by atoms with Gasteiger partial charge in [0.05, 0.1) is 5.56 Å². The minimum atomic E-state index is -0.715. The second-order valence-corrected chi connectivity index (χ2v) is 7.63. The molecule has 0 bridgehead atoms. The van der Waals surface area contributed by atoms with E-state index in [0.29, 0.717) is 36.9 Å². The van der Waals surface area contributed by atoms with Crippen LogP contribution >= 0.6 is 0 Å². The van der Waals surface area contributed by atoms with E-state index in [4.69, 9.17) is 14.2 Å². The Kier molecular flexibility index (Phi) is 6.31. The summed E-state index contributed by atoms with van der Waals surface area (Å²) >= 11 is 0. The first kappa shape index (κ1) is 21.7. The van der Waals surface area contributed by atoms with Crippen LogP contribution in [-0.2, 0) is 4.74 Å². The van der Waals surface area contributed by atoms with E-state index in [1.165, 1.54) is 6.07 Å². The minimum Gasteiger partial charge on any atom is -0.486 e. The molecular weight excluding hydrogens is 417 g/mol. The van der Waals surface area contributed by atoms with Gasteiger partial charge in [0.2, 0.25) is 0 Å². The molecular formula is C22H24FN5O4. The number of halogens is 1. The molecule has 4 rings (SSSR count). The zero-order chi connectivity index (χ0) is 22.7. The van der Waals surface area contributed by atoms with Crippen molar-refractivity contribution >= 4 is 11.7 Å². The molecule has 2 aromatic heterocycles. The van der Waals surface area contributed by atoms with E-state index in [1.54, 1.807) is 31.6 Å². The first-order chi connectivity index (χ1) is 15.5. The fraction of sp³-hybridized carbons (Fsp3) is 0.364. The number of anilines is 1. The van der Waals surface area contributed by atoms with Crippen molar-refractivity contribution in [1.29, 1.82) is 0 Å². The molecule has 1 aromatic carbocycles. The standard InChI is InChI=1S/C22H24FN5O4/c1-13(2)28-12-24-27-21(28)17-5-4-6-20(25-17)26-22(29)15-9-18-19(10-16(15)23)32-14(11-31-18)7-8-30-3/h4-6,9-10,12-14H,7-8,11H2,1-3H3,(H,25,26,29). The lowest BCUT2D eigenvalue weighted by Crippen LogP contribution is -2.30. The summed E-state index contributed by atoms with van der Waals surface area (Å²) in [7, 11) is 1.60. The highest BCUT2D eigenvalue weighted by Gasteiger charge is 2.25. The number of nitrogens with zero attached hydrogens (tertiary/aromatic N) is 4. The molecule has 1 N–H and O–H groups in total. The number of methoxy groups -OCH3 is 1. The van der Waals surface area contributed by atoms with Gasteiger partial charge in [0.15, 0.2) is 17.3 Å². The first-order valence-corrected chi connectivity index (χ1v) is 10.3. The maximum absolute atomic E-state index is 14.7. The Bertz CT molecular complexity index is 1120. The van der Waals surface area contributed by atoms with Crippen LogP contribution in [0.25, 0.3) is 11.5 Å². The summed E-state index contributed by atoms with van der Waals surface area (Å²) in [5.41, 5.74) is 0.374. The number of aromatic nitrogens is 4. The van der Waals surface area contributed by atoms with E-state index in [9.17, 15) is 9.18 Å². The molecule has 168 valence electrons. The van der Waals surface area contributed by atoms with Gasteiger partial charge in [0, 0.05) is 32.2 Å². The molecule has 1 unspecified atom stereocenters. The van der Waals surface area contributed by atoms with Crippen molar-refractivity contribution in [2.75, 3.05) is 25.6 Å². The highest BCUT2D eigenvalue weighted by Crippen LogP contribution is 2.35. The summed E-state index contributed by atoms with van der Waals surface area (Å²) < 4.78 is 33.0. The molecule has 1 atom stereocenters. The third-order valence-corrected chi connectivity index (χ3v) is 4.99. The molecule has 32 heavy (non-hydrogen) atoms. The Hall–Kier alpha value is -3.53. The normalized spacial score (nSPS) is 15.1. The third-order valence-electron chi connectivity index (χ3n) is 4.99. The number of carbonyl (C=O) groups is 1. The Balaban J connectivity index is 1.52. The number of ether oxygens (including phenoxy) is 3. The van der Waals surface area contributed by atoms with Gasteiger partial charge < -0.3 is 24.1 Å². The summed E-state index contributed by atoms with van der Waals surface area (Å²) in [5.74, 6) is 0.0548. The van der Waals surface area contributed by atoms with Gasteiger partial charge in [-0.1, -0.05) is 6.07 Å². The minimum absolute atomic E-state index is 0.140. The Morgan fingerprint density at radius 2 is 2.19 bits per heavy atom. The molecule has 0 saturated carbocycles. The number of amides is 1. The lowest BCUT2D eigenvalue weighted by atomic mass is 10.1. The van der Waals surface area contributed by atoms with E-state index in [-0.39, 0.29) is 29.3 Å². The largest absolute Gasteiger partial charge is 0.486 e. The average molecular weight is 441 g/mol. The molecule has 1 aliphatic rings. The van der Waals surface area contributed by atoms with Crippen LogP contribution in [0.2, 0.25) is 0 Å². The van der Waals surface area contributed by atoms with E-state index in [0.717, 1.165) is 6.07 Å². The lowest BCUT2D eigenvalue weighted by Gasteiger charge is -2.26. The number of nitrogens with one attached hydrogen (secondary N) is 1. The van der Waals surface area contributed by atoms with Gasteiger partial charge in [-0.25, -0.2) is 9.37 Å². The SMILES string of the molecule is COCCC1COc2cc(C(=O)Nc3cccc(-c4nncn4C(C)C)n3)c(F)cc2O1. The molecule has 3 aromatic rings. The number of hydrogen-bond acceptors (Lipinski definition) is 7. The van der Waals surface area contributed by atoms with Gasteiger partial charge in [-0.05, 0) is 32.0 Å².